The number of nitrogens with zero attached hydrogens (tertiary/aromatic N) is 3. The van der Waals surface area contributed by atoms with E-state index in [1.165, 1.54) is 6.20 Å². The van der Waals surface area contributed by atoms with Gasteiger partial charge < -0.3 is 10.6 Å². The second-order valence-electron chi connectivity index (χ2n) is 8.51. The molecule has 3 aromatic rings. The zero-order chi connectivity index (χ0) is 22.2. The first-order chi connectivity index (χ1) is 14.8. The zero-order valence-corrected chi connectivity index (χ0v) is 18.5. The van der Waals surface area contributed by atoms with Gasteiger partial charge in [0.1, 0.15) is 5.82 Å². The van der Waals surface area contributed by atoms with E-state index in [-0.39, 0.29) is 23.7 Å². The molecular weight excluding hydrogens is 414 g/mol. The van der Waals surface area contributed by atoms with Crippen molar-refractivity contribution in [3.63, 3.8) is 0 Å². The largest absolute Gasteiger partial charge is 0.355 e. The molecule has 1 aliphatic rings. The summed E-state index contributed by atoms with van der Waals surface area (Å²) < 4.78 is 2.01. The van der Waals surface area contributed by atoms with Crippen LogP contribution >= 0.6 is 11.6 Å². The number of nitrogens with one attached hydrogen (secondary N) is 2. The average molecular weight is 438 g/mol. The Balaban J connectivity index is 1.56. The first kappa shape index (κ1) is 21.1. The lowest BCUT2D eigenvalue weighted by atomic mass is 9.89. The van der Waals surface area contributed by atoms with Gasteiger partial charge in [-0.15, -0.1) is 0 Å². The third-order valence-electron chi connectivity index (χ3n) is 5.43. The molecule has 2 amide bonds. The molecule has 0 bridgehead atoms. The Kier molecular flexibility index (Phi) is 5.54. The van der Waals surface area contributed by atoms with Crippen molar-refractivity contribution in [2.75, 3.05) is 12.4 Å². The number of halogens is 1. The molecule has 0 fully saturated rings. The van der Waals surface area contributed by atoms with Crippen LogP contribution in [-0.2, 0) is 24.2 Å². The predicted octanol–water partition coefficient (Wildman–Crippen LogP) is 3.72. The van der Waals surface area contributed by atoms with Gasteiger partial charge in [-0.2, -0.15) is 5.10 Å². The van der Waals surface area contributed by atoms with Crippen molar-refractivity contribution >= 4 is 29.2 Å². The third kappa shape index (κ3) is 4.32. The number of carbonyl (C=O) groups is 2. The first-order valence-electron chi connectivity index (χ1n) is 10.1. The van der Waals surface area contributed by atoms with Gasteiger partial charge >= 0.3 is 0 Å². The molecule has 8 heteroatoms. The normalized spacial score (nSPS) is 14.2. The van der Waals surface area contributed by atoms with Crippen LogP contribution in [0.4, 0.5) is 5.82 Å². The number of aromatic nitrogens is 3. The number of pyridine rings is 1. The summed E-state index contributed by atoms with van der Waals surface area (Å²) in [5, 5.41) is 10.4. The highest BCUT2D eigenvalue weighted by Gasteiger charge is 2.32. The zero-order valence-electron chi connectivity index (χ0n) is 17.7. The molecule has 0 saturated carbocycles. The Morgan fingerprint density at radius 2 is 1.97 bits per heavy atom. The van der Waals surface area contributed by atoms with Crippen molar-refractivity contribution in [3.8, 4) is 11.1 Å². The third-order valence-corrected chi connectivity index (χ3v) is 5.73. The molecule has 31 heavy (non-hydrogen) atoms. The molecule has 0 radical (unpaired) electrons. The molecular formula is C23H24ClN5O2. The van der Waals surface area contributed by atoms with Crippen LogP contribution < -0.4 is 10.6 Å². The maximum absolute atomic E-state index is 12.7. The minimum Gasteiger partial charge on any atom is -0.355 e. The molecule has 2 aromatic heterocycles. The van der Waals surface area contributed by atoms with Gasteiger partial charge in [-0.1, -0.05) is 43.6 Å². The minimum atomic E-state index is -0.265. The van der Waals surface area contributed by atoms with Gasteiger partial charge in [-0.3, -0.25) is 14.3 Å². The number of carbonyl (C=O) groups excluding carboxylic acids is 2. The topological polar surface area (TPSA) is 88.9 Å². The molecule has 0 atom stereocenters. The first-order valence-corrected chi connectivity index (χ1v) is 10.5. The summed E-state index contributed by atoms with van der Waals surface area (Å²) in [5.74, 6) is -0.0918. The number of amides is 2. The van der Waals surface area contributed by atoms with E-state index in [0.29, 0.717) is 22.0 Å². The maximum Gasteiger partial charge on any atom is 0.251 e. The molecule has 3 heterocycles. The highest BCUT2D eigenvalue weighted by Crippen LogP contribution is 2.39. The number of fused-ring (bicyclic) bond motifs is 1. The van der Waals surface area contributed by atoms with Gasteiger partial charge in [0.15, 0.2) is 0 Å². The van der Waals surface area contributed by atoms with Crippen LogP contribution in [0.3, 0.4) is 0 Å². The highest BCUT2D eigenvalue weighted by atomic mass is 35.5. The summed E-state index contributed by atoms with van der Waals surface area (Å²) in [6.07, 6.45) is 4.31. The van der Waals surface area contributed by atoms with Crippen LogP contribution in [0.25, 0.3) is 11.1 Å². The average Bonchev–Trinajstić information content (AvgIpc) is 3.24. The van der Waals surface area contributed by atoms with Crippen molar-refractivity contribution in [1.29, 1.82) is 0 Å². The van der Waals surface area contributed by atoms with Gasteiger partial charge in [0.05, 0.1) is 17.6 Å². The molecule has 0 saturated heterocycles. The summed E-state index contributed by atoms with van der Waals surface area (Å²) >= 11 is 6.44. The second kappa shape index (κ2) is 8.15. The molecule has 2 N–H and O–H groups in total. The number of anilines is 1. The fraction of sp³-hybridized carbons (Fsp3) is 0.304. The van der Waals surface area contributed by atoms with Crippen LogP contribution in [0.1, 0.15) is 35.5 Å². The molecule has 1 aromatic carbocycles. The summed E-state index contributed by atoms with van der Waals surface area (Å²) in [4.78, 5) is 29.0. The van der Waals surface area contributed by atoms with Gasteiger partial charge in [0, 0.05) is 42.2 Å². The van der Waals surface area contributed by atoms with Gasteiger partial charge in [-0.25, -0.2) is 4.98 Å². The predicted molar refractivity (Wildman–Crippen MR) is 120 cm³/mol. The van der Waals surface area contributed by atoms with Crippen molar-refractivity contribution in [2.24, 2.45) is 5.41 Å². The summed E-state index contributed by atoms with van der Waals surface area (Å²) in [6, 6.07) is 8.81. The van der Waals surface area contributed by atoms with E-state index in [9.17, 15) is 9.59 Å². The lowest BCUT2D eigenvalue weighted by molar-refractivity contribution is -0.115. The Bertz CT molecular complexity index is 1170. The summed E-state index contributed by atoms with van der Waals surface area (Å²) in [6.45, 7) is 5.28. The van der Waals surface area contributed by atoms with Gasteiger partial charge in [0.2, 0.25) is 5.91 Å². The second-order valence-corrected chi connectivity index (χ2v) is 8.92. The smallest absolute Gasteiger partial charge is 0.251 e. The van der Waals surface area contributed by atoms with Crippen molar-refractivity contribution in [2.45, 2.75) is 33.2 Å². The summed E-state index contributed by atoms with van der Waals surface area (Å²) in [7, 11) is 1.56. The molecule has 0 unspecified atom stereocenters. The van der Waals surface area contributed by atoms with Gasteiger partial charge in [0.25, 0.3) is 5.91 Å². The lowest BCUT2D eigenvalue weighted by Gasteiger charge is -2.14. The molecule has 0 aliphatic carbocycles. The SMILES string of the molecule is CNC(=O)c1ccccc1CC(=O)Nc1cc(-c2cnn3c2CC(C)(C)C3)c(Cl)cn1. The fourth-order valence-electron chi connectivity index (χ4n) is 3.98. The van der Waals surface area contributed by atoms with E-state index in [1.54, 1.807) is 37.4 Å². The van der Waals surface area contributed by atoms with Crippen molar-refractivity contribution in [3.05, 3.63) is 64.6 Å². The number of hydrogen-bond donors (Lipinski definition) is 2. The Morgan fingerprint density at radius 1 is 1.19 bits per heavy atom. The standard InChI is InChI=1S/C23H24ClN5O2/c1-23(2)10-19-17(11-27-29(19)13-23)16-9-20(26-12-18(16)24)28-21(30)8-14-6-4-5-7-15(14)22(31)25-3/h4-7,9,11-12H,8,10,13H2,1-3H3,(H,25,31)(H,26,28,30). The molecule has 7 nitrogen and oxygen atoms in total. The summed E-state index contributed by atoms with van der Waals surface area (Å²) in [5.41, 5.74) is 4.14. The molecule has 4 rings (SSSR count). The van der Waals surface area contributed by atoms with Crippen LogP contribution in [-0.4, -0.2) is 33.6 Å². The molecule has 0 spiro atoms. The van der Waals surface area contributed by atoms with Crippen LogP contribution in [0.15, 0.2) is 42.7 Å². The van der Waals surface area contributed by atoms with Crippen LogP contribution in [0, 0.1) is 5.41 Å². The monoisotopic (exact) mass is 437 g/mol. The number of hydrogen-bond acceptors (Lipinski definition) is 4. The van der Waals surface area contributed by atoms with E-state index in [0.717, 1.165) is 29.8 Å². The quantitative estimate of drug-likeness (QED) is 0.636. The van der Waals surface area contributed by atoms with E-state index in [1.807, 2.05) is 10.9 Å². The minimum absolute atomic E-state index is 0.0562. The Morgan fingerprint density at radius 3 is 2.74 bits per heavy atom. The van der Waals surface area contributed by atoms with E-state index in [2.05, 4.69) is 34.6 Å². The molecule has 1 aliphatic heterocycles. The van der Waals surface area contributed by atoms with Gasteiger partial charge in [-0.05, 0) is 29.5 Å². The van der Waals surface area contributed by atoms with Crippen LogP contribution in [0.2, 0.25) is 5.02 Å². The van der Waals surface area contributed by atoms with E-state index in [4.69, 9.17) is 11.6 Å². The highest BCUT2D eigenvalue weighted by molar-refractivity contribution is 6.33. The number of benzene rings is 1. The van der Waals surface area contributed by atoms with E-state index >= 15 is 0 Å². The van der Waals surface area contributed by atoms with Crippen LogP contribution in [0.5, 0.6) is 0 Å². The van der Waals surface area contributed by atoms with E-state index < -0.39 is 0 Å². The molecule has 160 valence electrons. The van der Waals surface area contributed by atoms with Crippen molar-refractivity contribution in [1.82, 2.24) is 20.1 Å². The van der Waals surface area contributed by atoms with Crippen molar-refractivity contribution < 1.29 is 9.59 Å². The lowest BCUT2D eigenvalue weighted by Crippen LogP contribution is -2.22. The fourth-order valence-corrected chi connectivity index (χ4v) is 4.18. The number of rotatable bonds is 5. The maximum atomic E-state index is 12.7. The Hall–Kier alpha value is -3.19. The Labute approximate surface area is 185 Å².